The number of tetrazole rings is 1. The molecule has 0 N–H and O–H groups in total. The van der Waals surface area contributed by atoms with Gasteiger partial charge in [-0.1, -0.05) is 17.2 Å². The van der Waals surface area contributed by atoms with Crippen molar-refractivity contribution in [2.24, 2.45) is 7.05 Å². The number of aryl methyl sites for hydroxylation is 1. The summed E-state index contributed by atoms with van der Waals surface area (Å²) < 4.78 is 134. The third kappa shape index (κ3) is 9.08. The zero-order chi connectivity index (χ0) is 36.3. The number of halogens is 9. The van der Waals surface area contributed by atoms with Crippen LogP contribution in [-0.4, -0.2) is 39.9 Å². The van der Waals surface area contributed by atoms with Gasteiger partial charge in [-0.25, -0.2) is 4.79 Å². The number of aromatic nitrogens is 4. The molecule has 0 saturated heterocycles. The Morgan fingerprint density at radius 3 is 2.00 bits per heavy atom. The number of carbonyl (C=O) groups is 1. The molecule has 8 nitrogen and oxygen atoms in total. The summed E-state index contributed by atoms with van der Waals surface area (Å²) in [5.41, 5.74) is -3.39. The van der Waals surface area contributed by atoms with E-state index in [1.807, 2.05) is 0 Å². The first-order valence-corrected chi connectivity index (χ1v) is 14.3. The van der Waals surface area contributed by atoms with Gasteiger partial charge in [-0.05, 0) is 89.4 Å². The summed E-state index contributed by atoms with van der Waals surface area (Å²) in [6.45, 7) is 2.14. The van der Waals surface area contributed by atoms with Gasteiger partial charge in [-0.2, -0.15) is 44.3 Å². The van der Waals surface area contributed by atoms with Crippen LogP contribution in [0.3, 0.4) is 0 Å². The molecule has 0 atom stereocenters. The molecular formula is C32H28F9N5O3. The van der Waals surface area contributed by atoms with Crippen LogP contribution in [-0.2, 0) is 48.2 Å². The average molecular weight is 702 g/mol. The summed E-state index contributed by atoms with van der Waals surface area (Å²) in [4.78, 5) is 14.1. The molecule has 0 bridgehead atoms. The number of esters is 1. The lowest BCUT2D eigenvalue weighted by molar-refractivity contribution is -0.143. The summed E-state index contributed by atoms with van der Waals surface area (Å²) in [5.74, 6) is -0.695. The fourth-order valence-electron chi connectivity index (χ4n) is 4.91. The first-order valence-electron chi connectivity index (χ1n) is 14.3. The predicted molar refractivity (Wildman–Crippen MR) is 159 cm³/mol. The maximum Gasteiger partial charge on any atom is 0.416 e. The van der Waals surface area contributed by atoms with Gasteiger partial charge in [-0.3, -0.25) is 0 Å². The van der Waals surface area contributed by atoms with Crippen molar-refractivity contribution in [1.29, 1.82) is 0 Å². The lowest BCUT2D eigenvalue weighted by Gasteiger charge is -2.25. The van der Waals surface area contributed by atoms with E-state index in [4.69, 9.17) is 9.47 Å². The number of methoxy groups -OCH3 is 1. The van der Waals surface area contributed by atoms with E-state index in [-0.39, 0.29) is 41.1 Å². The zero-order valence-electron chi connectivity index (χ0n) is 26.3. The third-order valence-electron chi connectivity index (χ3n) is 7.16. The van der Waals surface area contributed by atoms with Gasteiger partial charge in [0.05, 0.1) is 37.5 Å². The van der Waals surface area contributed by atoms with E-state index < -0.39 is 59.8 Å². The monoisotopic (exact) mass is 701 g/mol. The summed E-state index contributed by atoms with van der Waals surface area (Å²) in [5, 5.41) is 11.5. The van der Waals surface area contributed by atoms with Gasteiger partial charge in [0.2, 0.25) is 0 Å². The van der Waals surface area contributed by atoms with Crippen LogP contribution in [0.15, 0.2) is 60.7 Å². The largest absolute Gasteiger partial charge is 0.496 e. The molecule has 0 aliphatic carbocycles. The predicted octanol–water partition coefficient (Wildman–Crippen LogP) is 8.12. The van der Waals surface area contributed by atoms with Gasteiger partial charge >= 0.3 is 24.5 Å². The quantitative estimate of drug-likeness (QED) is 0.0939. The molecule has 4 rings (SSSR count). The minimum Gasteiger partial charge on any atom is -0.496 e. The first-order chi connectivity index (χ1) is 22.8. The molecule has 0 unspecified atom stereocenters. The number of ether oxygens (including phenoxy) is 2. The van der Waals surface area contributed by atoms with Gasteiger partial charge in [-0.15, -0.1) is 5.10 Å². The topological polar surface area (TPSA) is 82.4 Å². The van der Waals surface area contributed by atoms with Crippen LogP contribution < -0.4 is 9.64 Å². The summed E-state index contributed by atoms with van der Waals surface area (Å²) >= 11 is 0. The van der Waals surface area contributed by atoms with Crippen LogP contribution >= 0.6 is 0 Å². The lowest BCUT2D eigenvalue weighted by atomic mass is 9.93. The van der Waals surface area contributed by atoms with Gasteiger partial charge in [0.25, 0.3) is 5.95 Å². The Labute approximate surface area is 273 Å². The van der Waals surface area contributed by atoms with Crippen molar-refractivity contribution in [1.82, 2.24) is 20.2 Å². The number of hydrogen-bond acceptors (Lipinski definition) is 7. The van der Waals surface area contributed by atoms with Crippen molar-refractivity contribution < 1.29 is 53.8 Å². The van der Waals surface area contributed by atoms with Crippen LogP contribution in [0.25, 0.3) is 16.7 Å². The molecule has 17 heteroatoms. The number of benzene rings is 3. The molecule has 3 aromatic carbocycles. The highest BCUT2D eigenvalue weighted by molar-refractivity contribution is 5.91. The van der Waals surface area contributed by atoms with Crippen LogP contribution in [0.5, 0.6) is 5.75 Å². The fraction of sp³-hybridized carbons (Fsp3) is 0.312. The highest BCUT2D eigenvalue weighted by Crippen LogP contribution is 2.40. The lowest BCUT2D eigenvalue weighted by Crippen LogP contribution is -2.25. The molecule has 0 amide bonds. The van der Waals surface area contributed by atoms with E-state index in [9.17, 15) is 44.3 Å². The first kappa shape index (κ1) is 36.7. The normalized spacial score (nSPS) is 12.6. The minimum absolute atomic E-state index is 0.0308. The Kier molecular flexibility index (Phi) is 10.6. The van der Waals surface area contributed by atoms with Crippen LogP contribution in [0.4, 0.5) is 45.5 Å². The molecule has 1 aromatic heterocycles. The minimum atomic E-state index is -5.14. The molecule has 0 fully saturated rings. The summed E-state index contributed by atoms with van der Waals surface area (Å²) in [6, 6.07) is 8.47. The standard InChI is InChI=1S/C32H28F9N5O3/c1-5-49-28(47)10-18(2)20-6-9-27(48-4)26(14-20)25-8-7-22(30(33,34)35)13-21(25)17-46(29-42-44-45(3)43-29)16-19-11-23(31(36,37)38)15-24(12-19)32(39,40)41/h6-15H,5,16-17H2,1-4H3/b18-10-. The smallest absolute Gasteiger partial charge is 0.416 e. The van der Waals surface area contributed by atoms with E-state index >= 15 is 0 Å². The Balaban J connectivity index is 1.90. The number of alkyl halides is 9. The van der Waals surface area contributed by atoms with Gasteiger partial charge in [0.1, 0.15) is 5.75 Å². The molecule has 0 aliphatic rings. The van der Waals surface area contributed by atoms with Crippen molar-refractivity contribution in [3.05, 3.63) is 94.1 Å². The molecule has 0 spiro atoms. The second kappa shape index (κ2) is 14.2. The second-order valence-electron chi connectivity index (χ2n) is 10.7. The molecular weight excluding hydrogens is 673 g/mol. The number of rotatable bonds is 10. The van der Waals surface area contributed by atoms with Crippen molar-refractivity contribution in [2.45, 2.75) is 45.5 Å². The van der Waals surface area contributed by atoms with E-state index in [2.05, 4.69) is 15.4 Å². The van der Waals surface area contributed by atoms with Crippen LogP contribution in [0.2, 0.25) is 0 Å². The molecule has 1 heterocycles. The Hall–Kier alpha value is -5.09. The molecule has 0 radical (unpaired) electrons. The maximum atomic E-state index is 14.0. The fourth-order valence-corrected chi connectivity index (χ4v) is 4.91. The van der Waals surface area contributed by atoms with Crippen LogP contribution in [0, 0.1) is 0 Å². The van der Waals surface area contributed by atoms with Crippen molar-refractivity contribution in [3.8, 4) is 16.9 Å². The number of carbonyl (C=O) groups excluding carboxylic acids is 1. The summed E-state index contributed by atoms with van der Waals surface area (Å²) in [7, 11) is 2.67. The van der Waals surface area contributed by atoms with Crippen molar-refractivity contribution >= 4 is 17.5 Å². The molecule has 0 saturated carbocycles. The average Bonchev–Trinajstić information content (AvgIpc) is 3.45. The van der Waals surface area contributed by atoms with Gasteiger partial charge < -0.3 is 14.4 Å². The van der Waals surface area contributed by atoms with E-state index in [1.54, 1.807) is 26.0 Å². The highest BCUT2D eigenvalue weighted by Gasteiger charge is 2.37. The second-order valence-corrected chi connectivity index (χ2v) is 10.7. The molecule has 262 valence electrons. The molecule has 4 aromatic rings. The Bertz CT molecular complexity index is 1810. The maximum absolute atomic E-state index is 14.0. The van der Waals surface area contributed by atoms with E-state index in [0.29, 0.717) is 23.3 Å². The van der Waals surface area contributed by atoms with Crippen molar-refractivity contribution in [2.75, 3.05) is 18.6 Å². The molecule has 49 heavy (non-hydrogen) atoms. The number of allylic oxidation sites excluding steroid dienone is 1. The number of hydrogen-bond donors (Lipinski definition) is 0. The van der Waals surface area contributed by atoms with Crippen molar-refractivity contribution in [3.63, 3.8) is 0 Å². The molecule has 0 aliphatic heterocycles. The van der Waals surface area contributed by atoms with Crippen LogP contribution in [0.1, 0.15) is 47.2 Å². The Morgan fingerprint density at radius 1 is 0.837 bits per heavy atom. The zero-order valence-corrected chi connectivity index (χ0v) is 26.3. The Morgan fingerprint density at radius 2 is 1.47 bits per heavy atom. The number of nitrogens with zero attached hydrogens (tertiary/aromatic N) is 5. The van der Waals surface area contributed by atoms with E-state index in [0.717, 1.165) is 21.8 Å². The highest BCUT2D eigenvalue weighted by atomic mass is 19.4. The van der Waals surface area contributed by atoms with Gasteiger partial charge in [0.15, 0.2) is 0 Å². The summed E-state index contributed by atoms with van der Waals surface area (Å²) in [6.07, 6.45) is -13.9. The SMILES string of the molecule is CCOC(=O)/C=C(/C)c1ccc(OC)c(-c2ccc(C(F)(F)F)cc2CN(Cc2cc(C(F)(F)F)cc(C(F)(F)F)c2)c2nnn(C)n2)c1. The number of anilines is 1. The third-order valence-corrected chi connectivity index (χ3v) is 7.16. The van der Waals surface area contributed by atoms with Gasteiger partial charge in [0, 0.05) is 24.7 Å². The van der Waals surface area contributed by atoms with E-state index in [1.165, 1.54) is 32.4 Å².